The molecule has 1 heterocycles. The lowest BCUT2D eigenvalue weighted by molar-refractivity contribution is -0.119. The Kier molecular flexibility index (Phi) is 4.87. The smallest absolute Gasteiger partial charge is 0.133 e. The van der Waals surface area contributed by atoms with Gasteiger partial charge in [-0.1, -0.05) is 30.3 Å². The zero-order chi connectivity index (χ0) is 14.5. The number of hydrogen-bond acceptors (Lipinski definition) is 2. The first-order valence-electron chi connectivity index (χ1n) is 7.95. The van der Waals surface area contributed by atoms with Gasteiger partial charge in [0.15, 0.2) is 0 Å². The summed E-state index contributed by atoms with van der Waals surface area (Å²) in [7, 11) is 0. The molecule has 0 radical (unpaired) electrons. The van der Waals surface area contributed by atoms with E-state index >= 15 is 0 Å². The van der Waals surface area contributed by atoms with E-state index in [2.05, 4.69) is 41.8 Å². The predicted molar refractivity (Wildman–Crippen MR) is 89.0 cm³/mol. The molecule has 1 aromatic carbocycles. The molecule has 1 atom stereocenters. The average Bonchev–Trinajstić information content (AvgIpc) is 3.01. The van der Waals surface area contributed by atoms with E-state index in [9.17, 15) is 4.79 Å². The lowest BCUT2D eigenvalue weighted by Gasteiger charge is -2.24. The van der Waals surface area contributed by atoms with Crippen LogP contribution in [-0.4, -0.2) is 5.78 Å². The van der Waals surface area contributed by atoms with Crippen LogP contribution in [-0.2, 0) is 17.6 Å². The van der Waals surface area contributed by atoms with Crippen LogP contribution in [0.5, 0.6) is 0 Å². The lowest BCUT2D eigenvalue weighted by Crippen LogP contribution is -2.13. The number of fused-ring (bicyclic) bond motifs is 1. The van der Waals surface area contributed by atoms with E-state index in [1.54, 1.807) is 11.3 Å². The molecule has 0 amide bonds. The second-order valence-corrected chi connectivity index (χ2v) is 7.00. The monoisotopic (exact) mass is 298 g/mol. The van der Waals surface area contributed by atoms with E-state index < -0.39 is 0 Å². The third-order valence-corrected chi connectivity index (χ3v) is 5.36. The van der Waals surface area contributed by atoms with E-state index in [-0.39, 0.29) is 0 Å². The summed E-state index contributed by atoms with van der Waals surface area (Å²) in [6.45, 7) is 0. The van der Waals surface area contributed by atoms with Gasteiger partial charge in [0, 0.05) is 17.7 Å². The second kappa shape index (κ2) is 7.04. The van der Waals surface area contributed by atoms with Gasteiger partial charge in [-0.2, -0.15) is 0 Å². The third-order valence-electron chi connectivity index (χ3n) is 4.43. The van der Waals surface area contributed by atoms with Crippen LogP contribution in [0.15, 0.2) is 41.8 Å². The number of benzene rings is 1. The Hall–Kier alpha value is -1.41. The summed E-state index contributed by atoms with van der Waals surface area (Å²) in [5.74, 6) is 0.900. The Bertz CT molecular complexity index is 585. The van der Waals surface area contributed by atoms with E-state index in [1.807, 2.05) is 0 Å². The first-order chi connectivity index (χ1) is 10.3. The molecule has 1 aliphatic carbocycles. The van der Waals surface area contributed by atoms with E-state index in [4.69, 9.17) is 0 Å². The molecule has 0 aliphatic heterocycles. The first-order valence-corrected chi connectivity index (χ1v) is 8.83. The molecule has 1 aliphatic rings. The van der Waals surface area contributed by atoms with Gasteiger partial charge in [-0.3, -0.25) is 4.79 Å². The van der Waals surface area contributed by atoms with Gasteiger partial charge in [0.2, 0.25) is 0 Å². The predicted octanol–water partition coefficient (Wildman–Crippen LogP) is 5.15. The molecular formula is C19H22OS. The summed E-state index contributed by atoms with van der Waals surface area (Å²) in [4.78, 5) is 13.6. The van der Waals surface area contributed by atoms with Crippen molar-refractivity contribution in [3.8, 4) is 0 Å². The number of Topliss-reactive ketones (excluding diaryl/α,β-unsaturated/α-hetero) is 1. The van der Waals surface area contributed by atoms with Gasteiger partial charge >= 0.3 is 0 Å². The molecule has 3 rings (SSSR count). The molecule has 0 saturated heterocycles. The minimum absolute atomic E-state index is 0.438. The number of thiophene rings is 1. The maximum Gasteiger partial charge on any atom is 0.133 e. The van der Waals surface area contributed by atoms with Crippen molar-refractivity contribution < 1.29 is 4.79 Å². The second-order valence-electron chi connectivity index (χ2n) is 5.96. The van der Waals surface area contributed by atoms with Crippen LogP contribution in [0.2, 0.25) is 0 Å². The Labute approximate surface area is 131 Å². The van der Waals surface area contributed by atoms with E-state index in [0.717, 1.165) is 25.7 Å². The third kappa shape index (κ3) is 3.82. The molecule has 0 fully saturated rings. The Morgan fingerprint density at radius 1 is 1.19 bits per heavy atom. The number of hydrogen-bond donors (Lipinski definition) is 0. The van der Waals surface area contributed by atoms with Gasteiger partial charge in [0.05, 0.1) is 0 Å². The number of carbonyl (C=O) groups excluding carboxylic acids is 1. The minimum atomic E-state index is 0.438. The summed E-state index contributed by atoms with van der Waals surface area (Å²) in [6.07, 6.45) is 7.09. The Balaban J connectivity index is 1.51. The summed E-state index contributed by atoms with van der Waals surface area (Å²) in [5, 5.41) is 2.11. The highest BCUT2D eigenvalue weighted by Gasteiger charge is 2.21. The van der Waals surface area contributed by atoms with Gasteiger partial charge in [-0.25, -0.2) is 0 Å². The van der Waals surface area contributed by atoms with Crippen LogP contribution >= 0.6 is 11.3 Å². The Morgan fingerprint density at radius 2 is 2.10 bits per heavy atom. The molecule has 0 bridgehead atoms. The fourth-order valence-electron chi connectivity index (χ4n) is 3.36. The summed E-state index contributed by atoms with van der Waals surface area (Å²) in [6, 6.07) is 12.9. The molecule has 0 saturated carbocycles. The maximum atomic E-state index is 12.3. The molecule has 0 N–H and O–H groups in total. The number of ketones is 1. The highest BCUT2D eigenvalue weighted by molar-refractivity contribution is 7.09. The van der Waals surface area contributed by atoms with Gasteiger partial charge in [0.25, 0.3) is 0 Å². The van der Waals surface area contributed by atoms with E-state index in [1.165, 1.54) is 35.3 Å². The standard InChI is InChI=1S/C19H22OS/c20-17(9-4-10-18-11-5-13-21-18)14-16-8-3-7-15-6-1-2-12-19(15)16/h1-2,5-6,11-13,16H,3-4,7-10,14H2. The quantitative estimate of drug-likeness (QED) is 0.720. The van der Waals surface area contributed by atoms with E-state index in [0.29, 0.717) is 11.7 Å². The van der Waals surface area contributed by atoms with Gasteiger partial charge < -0.3 is 0 Å². The molecule has 2 heteroatoms. The van der Waals surface area contributed by atoms with Crippen molar-refractivity contribution in [1.29, 1.82) is 0 Å². The topological polar surface area (TPSA) is 17.1 Å². The van der Waals surface area contributed by atoms with Crippen molar-refractivity contribution in [2.75, 3.05) is 0 Å². The number of rotatable bonds is 6. The highest BCUT2D eigenvalue weighted by atomic mass is 32.1. The number of carbonyl (C=O) groups is 1. The van der Waals surface area contributed by atoms with Crippen LogP contribution in [0, 0.1) is 0 Å². The van der Waals surface area contributed by atoms with Crippen molar-refractivity contribution >= 4 is 17.1 Å². The van der Waals surface area contributed by atoms with Crippen molar-refractivity contribution in [2.45, 2.75) is 50.9 Å². The fraction of sp³-hybridized carbons (Fsp3) is 0.421. The molecule has 0 spiro atoms. The van der Waals surface area contributed by atoms with Crippen LogP contribution in [0.25, 0.3) is 0 Å². The van der Waals surface area contributed by atoms with Crippen molar-refractivity contribution in [3.05, 3.63) is 57.8 Å². The normalized spacial score (nSPS) is 17.4. The zero-order valence-electron chi connectivity index (χ0n) is 12.4. The largest absolute Gasteiger partial charge is 0.300 e. The molecule has 2 aromatic rings. The lowest BCUT2D eigenvalue weighted by atomic mass is 9.80. The summed E-state index contributed by atoms with van der Waals surface area (Å²) >= 11 is 1.79. The molecule has 1 unspecified atom stereocenters. The van der Waals surface area contributed by atoms with Crippen LogP contribution in [0.4, 0.5) is 0 Å². The van der Waals surface area contributed by atoms with Gasteiger partial charge in [0.1, 0.15) is 5.78 Å². The van der Waals surface area contributed by atoms with Crippen LogP contribution in [0.3, 0.4) is 0 Å². The molecule has 1 nitrogen and oxygen atoms in total. The molecular weight excluding hydrogens is 276 g/mol. The molecule has 1 aromatic heterocycles. The molecule has 21 heavy (non-hydrogen) atoms. The van der Waals surface area contributed by atoms with Crippen LogP contribution in [0.1, 0.15) is 54.0 Å². The van der Waals surface area contributed by atoms with Crippen LogP contribution < -0.4 is 0 Å². The molecule has 110 valence electrons. The highest BCUT2D eigenvalue weighted by Crippen LogP contribution is 2.34. The van der Waals surface area contributed by atoms with Gasteiger partial charge in [-0.05, 0) is 60.6 Å². The first kappa shape index (κ1) is 14.5. The Morgan fingerprint density at radius 3 is 2.95 bits per heavy atom. The minimum Gasteiger partial charge on any atom is -0.300 e. The summed E-state index contributed by atoms with van der Waals surface area (Å²) < 4.78 is 0. The van der Waals surface area contributed by atoms with Crippen molar-refractivity contribution in [3.63, 3.8) is 0 Å². The SMILES string of the molecule is O=C(CCCc1cccs1)CC1CCCc2ccccc21. The van der Waals surface area contributed by atoms with Crippen molar-refractivity contribution in [1.82, 2.24) is 0 Å². The van der Waals surface area contributed by atoms with Crippen molar-refractivity contribution in [2.24, 2.45) is 0 Å². The summed E-state index contributed by atoms with van der Waals surface area (Å²) in [5.41, 5.74) is 2.88. The number of aryl methyl sites for hydroxylation is 2. The fourth-order valence-corrected chi connectivity index (χ4v) is 4.11. The zero-order valence-corrected chi connectivity index (χ0v) is 13.2. The van der Waals surface area contributed by atoms with Gasteiger partial charge in [-0.15, -0.1) is 11.3 Å². The average molecular weight is 298 g/mol. The maximum absolute atomic E-state index is 12.3.